The zero-order valence-corrected chi connectivity index (χ0v) is 15.0. The first-order valence-corrected chi connectivity index (χ1v) is 8.65. The van der Waals surface area contributed by atoms with Crippen molar-refractivity contribution in [3.63, 3.8) is 0 Å². The molecule has 29 heavy (non-hydrogen) atoms. The van der Waals surface area contributed by atoms with Crippen LogP contribution in [0.4, 0.5) is 8.78 Å². The van der Waals surface area contributed by atoms with Crippen molar-refractivity contribution in [1.82, 2.24) is 20.0 Å². The van der Waals surface area contributed by atoms with E-state index in [1.54, 1.807) is 30.6 Å². The number of aromatic hydroxyl groups is 1. The predicted octanol–water partition coefficient (Wildman–Crippen LogP) is 2.75. The molecule has 0 aliphatic heterocycles. The predicted molar refractivity (Wildman–Crippen MR) is 102 cm³/mol. The molecule has 8 heteroatoms. The van der Waals surface area contributed by atoms with E-state index in [2.05, 4.69) is 27.3 Å². The second kappa shape index (κ2) is 7.56. The zero-order chi connectivity index (χ0) is 20.4. The second-order valence-corrected chi connectivity index (χ2v) is 6.40. The van der Waals surface area contributed by atoms with Crippen molar-refractivity contribution in [2.75, 3.05) is 0 Å². The standard InChI is InChI=1S/C21H14F2N4O2/c22-18-9-14(10-19(23)20(18)28)12-27-7-6-15-5-4-13(8-17(15)21(27)29)2-1-3-16-11-24-26-25-16/h4-11,28H,3,12H2,(H,24,25,26). The normalized spacial score (nSPS) is 10.7. The minimum absolute atomic E-state index is 0.0367. The second-order valence-electron chi connectivity index (χ2n) is 6.40. The summed E-state index contributed by atoms with van der Waals surface area (Å²) in [4.78, 5) is 12.8. The summed E-state index contributed by atoms with van der Waals surface area (Å²) in [7, 11) is 0. The third-order valence-corrected chi connectivity index (χ3v) is 4.38. The molecule has 4 rings (SSSR count). The van der Waals surface area contributed by atoms with Crippen molar-refractivity contribution in [2.24, 2.45) is 0 Å². The Balaban J connectivity index is 1.65. The van der Waals surface area contributed by atoms with Crippen molar-refractivity contribution in [3.05, 3.63) is 87.6 Å². The SMILES string of the molecule is O=c1c2cc(C#CCc3cn[nH]n3)ccc2ccn1Cc1cc(F)c(O)c(F)c1. The Bertz CT molecular complexity index is 1300. The first-order valence-electron chi connectivity index (χ1n) is 8.65. The molecule has 0 saturated carbocycles. The fourth-order valence-corrected chi connectivity index (χ4v) is 2.94. The highest BCUT2D eigenvalue weighted by atomic mass is 19.1. The number of pyridine rings is 1. The molecule has 0 aliphatic rings. The molecule has 0 unspecified atom stereocenters. The number of phenols is 1. The number of hydrogen-bond acceptors (Lipinski definition) is 4. The third kappa shape index (κ3) is 3.84. The molecule has 0 atom stereocenters. The number of rotatable bonds is 3. The van der Waals surface area contributed by atoms with Gasteiger partial charge in [0.25, 0.3) is 5.56 Å². The lowest BCUT2D eigenvalue weighted by Crippen LogP contribution is -2.20. The molecule has 2 N–H and O–H groups in total. The summed E-state index contributed by atoms with van der Waals surface area (Å²) in [6, 6.07) is 9.04. The van der Waals surface area contributed by atoms with Crippen LogP contribution in [0.15, 0.2) is 53.6 Å². The highest BCUT2D eigenvalue weighted by Crippen LogP contribution is 2.22. The van der Waals surface area contributed by atoms with Crippen molar-refractivity contribution in [1.29, 1.82) is 0 Å². The summed E-state index contributed by atoms with van der Waals surface area (Å²) in [5, 5.41) is 20.5. The number of aromatic amines is 1. The van der Waals surface area contributed by atoms with Gasteiger partial charge in [-0.05, 0) is 41.3 Å². The monoisotopic (exact) mass is 392 g/mol. The lowest BCUT2D eigenvalue weighted by Gasteiger charge is -2.09. The first kappa shape index (κ1) is 18.4. The molecule has 0 radical (unpaired) electrons. The summed E-state index contributed by atoms with van der Waals surface area (Å²) in [5.74, 6) is 2.78. The molecule has 0 amide bonds. The van der Waals surface area contributed by atoms with E-state index < -0.39 is 17.4 Å². The van der Waals surface area contributed by atoms with E-state index in [1.807, 2.05) is 6.07 Å². The van der Waals surface area contributed by atoms with Crippen LogP contribution < -0.4 is 5.56 Å². The summed E-state index contributed by atoms with van der Waals surface area (Å²) < 4.78 is 28.5. The Hall–Kier alpha value is -3.99. The zero-order valence-electron chi connectivity index (χ0n) is 15.0. The van der Waals surface area contributed by atoms with E-state index in [0.717, 1.165) is 17.5 Å². The van der Waals surface area contributed by atoms with Gasteiger partial charge >= 0.3 is 0 Å². The summed E-state index contributed by atoms with van der Waals surface area (Å²) in [6.45, 7) is -0.0367. The van der Waals surface area contributed by atoms with Crippen LogP contribution in [0, 0.1) is 23.5 Å². The maximum atomic E-state index is 13.6. The fourth-order valence-electron chi connectivity index (χ4n) is 2.94. The minimum Gasteiger partial charge on any atom is -0.503 e. The van der Waals surface area contributed by atoms with Crippen molar-refractivity contribution < 1.29 is 13.9 Å². The van der Waals surface area contributed by atoms with Gasteiger partial charge in [-0.15, -0.1) is 0 Å². The molecule has 6 nitrogen and oxygen atoms in total. The number of aromatic nitrogens is 4. The Morgan fingerprint density at radius 3 is 2.66 bits per heavy atom. The van der Waals surface area contributed by atoms with Gasteiger partial charge in [-0.25, -0.2) is 8.78 Å². The quantitative estimate of drug-likeness (QED) is 0.525. The lowest BCUT2D eigenvalue weighted by atomic mass is 10.1. The molecule has 2 aromatic heterocycles. The number of benzene rings is 2. The Morgan fingerprint density at radius 2 is 1.93 bits per heavy atom. The van der Waals surface area contributed by atoms with E-state index in [4.69, 9.17) is 0 Å². The molecule has 0 saturated heterocycles. The molecule has 0 spiro atoms. The molecule has 0 aliphatic carbocycles. The van der Waals surface area contributed by atoms with Crippen LogP contribution in [0.3, 0.4) is 0 Å². The van der Waals surface area contributed by atoms with Crippen molar-refractivity contribution >= 4 is 10.8 Å². The van der Waals surface area contributed by atoms with Gasteiger partial charge in [0.1, 0.15) is 0 Å². The molecular weight excluding hydrogens is 378 g/mol. The molecule has 2 aromatic carbocycles. The van der Waals surface area contributed by atoms with Gasteiger partial charge in [-0.1, -0.05) is 17.9 Å². The Kier molecular flexibility index (Phi) is 4.79. The van der Waals surface area contributed by atoms with Gasteiger partial charge in [0, 0.05) is 17.1 Å². The average molecular weight is 392 g/mol. The van der Waals surface area contributed by atoms with Gasteiger partial charge in [0.15, 0.2) is 17.4 Å². The fraction of sp³-hybridized carbons (Fsp3) is 0.0952. The van der Waals surface area contributed by atoms with Gasteiger partial charge < -0.3 is 9.67 Å². The summed E-state index contributed by atoms with van der Waals surface area (Å²) >= 11 is 0. The molecule has 0 bridgehead atoms. The number of nitrogens with one attached hydrogen (secondary N) is 1. The van der Waals surface area contributed by atoms with Gasteiger partial charge in [0.2, 0.25) is 0 Å². The number of nitrogens with zero attached hydrogens (tertiary/aromatic N) is 3. The van der Waals surface area contributed by atoms with Crippen LogP contribution in [-0.2, 0) is 13.0 Å². The minimum atomic E-state index is -1.07. The highest BCUT2D eigenvalue weighted by Gasteiger charge is 2.11. The number of fused-ring (bicyclic) bond motifs is 1. The van der Waals surface area contributed by atoms with E-state index in [1.165, 1.54) is 4.57 Å². The number of halogens is 2. The number of hydrogen-bond donors (Lipinski definition) is 2. The van der Waals surface area contributed by atoms with Crippen molar-refractivity contribution in [2.45, 2.75) is 13.0 Å². The number of phenolic OH excluding ortho intramolecular Hbond substituents is 1. The molecule has 0 fully saturated rings. The van der Waals surface area contributed by atoms with E-state index in [-0.39, 0.29) is 17.7 Å². The molecular formula is C21H14F2N4O2. The number of H-pyrrole nitrogens is 1. The molecule has 2 heterocycles. The van der Waals surface area contributed by atoms with Crippen LogP contribution in [0.1, 0.15) is 16.8 Å². The van der Waals surface area contributed by atoms with E-state index in [9.17, 15) is 18.7 Å². The van der Waals surface area contributed by atoms with Crippen LogP contribution in [0.2, 0.25) is 0 Å². The summed E-state index contributed by atoms with van der Waals surface area (Å²) in [5.41, 5.74) is 1.30. The lowest BCUT2D eigenvalue weighted by molar-refractivity contribution is 0.395. The smallest absolute Gasteiger partial charge is 0.258 e. The maximum absolute atomic E-state index is 13.6. The van der Waals surface area contributed by atoms with E-state index >= 15 is 0 Å². The third-order valence-electron chi connectivity index (χ3n) is 4.38. The van der Waals surface area contributed by atoms with Crippen LogP contribution in [-0.4, -0.2) is 25.1 Å². The van der Waals surface area contributed by atoms with E-state index in [0.29, 0.717) is 23.1 Å². The average Bonchev–Trinajstić information content (AvgIpc) is 3.22. The van der Waals surface area contributed by atoms with Crippen LogP contribution in [0.5, 0.6) is 5.75 Å². The van der Waals surface area contributed by atoms with Gasteiger partial charge in [0.05, 0.1) is 24.9 Å². The molecule has 4 aromatic rings. The van der Waals surface area contributed by atoms with Crippen LogP contribution >= 0.6 is 0 Å². The highest BCUT2D eigenvalue weighted by molar-refractivity contribution is 5.82. The Morgan fingerprint density at radius 1 is 1.14 bits per heavy atom. The van der Waals surface area contributed by atoms with Gasteiger partial charge in [-0.2, -0.15) is 15.4 Å². The largest absolute Gasteiger partial charge is 0.503 e. The van der Waals surface area contributed by atoms with Crippen molar-refractivity contribution in [3.8, 4) is 17.6 Å². The van der Waals surface area contributed by atoms with Crippen LogP contribution in [0.25, 0.3) is 10.8 Å². The first-order chi connectivity index (χ1) is 14.0. The summed E-state index contributed by atoms with van der Waals surface area (Å²) in [6.07, 6.45) is 3.57. The maximum Gasteiger partial charge on any atom is 0.258 e. The Labute approximate surface area is 163 Å². The van der Waals surface area contributed by atoms with Gasteiger partial charge in [-0.3, -0.25) is 4.79 Å². The topological polar surface area (TPSA) is 83.8 Å². The molecule has 144 valence electrons.